The van der Waals surface area contributed by atoms with Crippen LogP contribution in [0.5, 0.6) is 5.75 Å². The van der Waals surface area contributed by atoms with Crippen LogP contribution in [0.3, 0.4) is 0 Å². The molecule has 106 valence electrons. The van der Waals surface area contributed by atoms with E-state index in [4.69, 9.17) is 4.74 Å². The molecule has 20 heavy (non-hydrogen) atoms. The minimum absolute atomic E-state index is 0.516. The molecule has 2 aromatic carbocycles. The minimum atomic E-state index is -0.516. The molecule has 2 nitrogen and oxygen atoms in total. The number of ether oxygens (including phenoxy) is 1. The van der Waals surface area contributed by atoms with Gasteiger partial charge in [0, 0.05) is 9.99 Å². The molecule has 0 radical (unpaired) electrons. The van der Waals surface area contributed by atoms with E-state index >= 15 is 0 Å². The summed E-state index contributed by atoms with van der Waals surface area (Å²) in [7, 11) is 1.66. The molecule has 0 aliphatic rings. The molecule has 0 aliphatic carbocycles. The Balaban J connectivity index is 2.30. The van der Waals surface area contributed by atoms with E-state index in [1.54, 1.807) is 7.11 Å². The van der Waals surface area contributed by atoms with Crippen LogP contribution < -0.4 is 4.74 Å². The third-order valence-electron chi connectivity index (χ3n) is 3.43. The van der Waals surface area contributed by atoms with Gasteiger partial charge in [-0.25, -0.2) is 0 Å². The van der Waals surface area contributed by atoms with Crippen LogP contribution in [0.15, 0.2) is 36.4 Å². The molecular weight excluding hydrogens is 363 g/mol. The van der Waals surface area contributed by atoms with Crippen LogP contribution in [-0.2, 0) is 6.42 Å². The number of hydrogen-bond acceptors (Lipinski definition) is 2. The maximum atomic E-state index is 10.5. The van der Waals surface area contributed by atoms with Crippen LogP contribution in [0.4, 0.5) is 0 Å². The highest BCUT2D eigenvalue weighted by atomic mass is 127. The summed E-state index contributed by atoms with van der Waals surface area (Å²) in [6, 6.07) is 12.1. The summed E-state index contributed by atoms with van der Waals surface area (Å²) in [5, 5.41) is 10.5. The Kier molecular flexibility index (Phi) is 5.05. The van der Waals surface area contributed by atoms with Crippen molar-refractivity contribution in [3.8, 4) is 5.75 Å². The molecule has 3 heteroatoms. The molecule has 2 rings (SSSR count). The molecule has 1 atom stereocenters. The molecule has 0 bridgehead atoms. The number of halogens is 1. The molecule has 0 fully saturated rings. The van der Waals surface area contributed by atoms with E-state index in [0.717, 1.165) is 20.4 Å². The van der Waals surface area contributed by atoms with E-state index in [-0.39, 0.29) is 0 Å². The Morgan fingerprint density at radius 3 is 2.65 bits per heavy atom. The summed E-state index contributed by atoms with van der Waals surface area (Å²) in [6.07, 6.45) is 0.0436. The summed E-state index contributed by atoms with van der Waals surface area (Å²) in [6.45, 7) is 4.11. The molecule has 0 amide bonds. The second kappa shape index (κ2) is 6.59. The zero-order chi connectivity index (χ0) is 14.7. The van der Waals surface area contributed by atoms with Crippen LogP contribution in [0.1, 0.15) is 28.4 Å². The first-order chi connectivity index (χ1) is 9.52. The predicted octanol–water partition coefficient (Wildman–Crippen LogP) is 4.19. The number of aryl methyl sites for hydroxylation is 2. The minimum Gasteiger partial charge on any atom is -0.496 e. The average molecular weight is 382 g/mol. The summed E-state index contributed by atoms with van der Waals surface area (Å²) >= 11 is 2.30. The van der Waals surface area contributed by atoms with E-state index < -0.39 is 6.10 Å². The predicted molar refractivity (Wildman–Crippen MR) is 90.3 cm³/mol. The van der Waals surface area contributed by atoms with Crippen molar-refractivity contribution in [2.75, 3.05) is 7.11 Å². The molecule has 0 heterocycles. The summed E-state index contributed by atoms with van der Waals surface area (Å²) in [5.41, 5.74) is 4.39. The Morgan fingerprint density at radius 2 is 1.95 bits per heavy atom. The van der Waals surface area contributed by atoms with Crippen molar-refractivity contribution >= 4 is 22.6 Å². The SMILES string of the molecule is COc1ccc(C)cc1CC(O)c1cccc(C)c1I. The molecule has 0 saturated heterocycles. The van der Waals surface area contributed by atoms with Crippen LogP contribution in [0.2, 0.25) is 0 Å². The first-order valence-corrected chi connectivity index (χ1v) is 7.67. The molecular formula is C17H19IO2. The lowest BCUT2D eigenvalue weighted by Crippen LogP contribution is -2.06. The van der Waals surface area contributed by atoms with Gasteiger partial charge in [-0.15, -0.1) is 0 Å². The quantitative estimate of drug-likeness (QED) is 0.804. The van der Waals surface area contributed by atoms with Crippen LogP contribution in [0.25, 0.3) is 0 Å². The fraction of sp³-hybridized carbons (Fsp3) is 0.294. The Labute approximate surface area is 133 Å². The molecule has 1 unspecified atom stereocenters. The molecule has 0 aromatic heterocycles. The molecule has 0 saturated carbocycles. The topological polar surface area (TPSA) is 29.5 Å². The summed E-state index contributed by atoms with van der Waals surface area (Å²) in [5.74, 6) is 0.831. The third kappa shape index (κ3) is 3.33. The first kappa shape index (κ1) is 15.3. The highest BCUT2D eigenvalue weighted by molar-refractivity contribution is 14.1. The van der Waals surface area contributed by atoms with Crippen molar-refractivity contribution in [3.05, 3.63) is 62.2 Å². The molecule has 2 aromatic rings. The molecule has 1 N–H and O–H groups in total. The summed E-state index contributed by atoms with van der Waals surface area (Å²) in [4.78, 5) is 0. The highest BCUT2D eigenvalue weighted by Crippen LogP contribution is 2.29. The second-order valence-corrected chi connectivity index (χ2v) is 6.09. The monoisotopic (exact) mass is 382 g/mol. The number of hydrogen-bond donors (Lipinski definition) is 1. The molecule has 0 spiro atoms. The van der Waals surface area contributed by atoms with Gasteiger partial charge in [0.1, 0.15) is 5.75 Å². The maximum Gasteiger partial charge on any atom is 0.122 e. The third-order valence-corrected chi connectivity index (χ3v) is 4.90. The standard InChI is InChI=1S/C17H19IO2/c1-11-7-8-16(20-3)13(9-11)10-15(19)14-6-4-5-12(2)17(14)18/h4-9,15,19H,10H2,1-3H3. The number of aliphatic hydroxyl groups is 1. The zero-order valence-electron chi connectivity index (χ0n) is 12.0. The van der Waals surface area contributed by atoms with Crippen molar-refractivity contribution < 1.29 is 9.84 Å². The van der Waals surface area contributed by atoms with Crippen molar-refractivity contribution in [1.29, 1.82) is 0 Å². The lowest BCUT2D eigenvalue weighted by atomic mass is 9.98. The summed E-state index contributed by atoms with van der Waals surface area (Å²) < 4.78 is 6.51. The van der Waals surface area contributed by atoms with Gasteiger partial charge in [0.25, 0.3) is 0 Å². The van der Waals surface area contributed by atoms with E-state index in [1.807, 2.05) is 31.2 Å². The first-order valence-electron chi connectivity index (χ1n) is 6.59. The van der Waals surface area contributed by atoms with Crippen LogP contribution in [0, 0.1) is 17.4 Å². The van der Waals surface area contributed by atoms with Crippen molar-refractivity contribution in [3.63, 3.8) is 0 Å². The van der Waals surface area contributed by atoms with Gasteiger partial charge in [0.2, 0.25) is 0 Å². The second-order valence-electron chi connectivity index (χ2n) is 5.01. The van der Waals surface area contributed by atoms with Crippen molar-refractivity contribution in [2.45, 2.75) is 26.4 Å². The fourth-order valence-corrected chi connectivity index (χ4v) is 3.03. The number of rotatable bonds is 4. The lowest BCUT2D eigenvalue weighted by molar-refractivity contribution is 0.176. The molecule has 0 aliphatic heterocycles. The normalized spacial score (nSPS) is 12.2. The fourth-order valence-electron chi connectivity index (χ4n) is 2.31. The zero-order valence-corrected chi connectivity index (χ0v) is 14.1. The van der Waals surface area contributed by atoms with Gasteiger partial charge in [0.05, 0.1) is 13.2 Å². The van der Waals surface area contributed by atoms with Gasteiger partial charge in [-0.1, -0.05) is 35.9 Å². The van der Waals surface area contributed by atoms with Crippen LogP contribution in [-0.4, -0.2) is 12.2 Å². The van der Waals surface area contributed by atoms with E-state index in [0.29, 0.717) is 6.42 Å². The van der Waals surface area contributed by atoms with Crippen molar-refractivity contribution in [1.82, 2.24) is 0 Å². The number of aliphatic hydroxyl groups excluding tert-OH is 1. The maximum absolute atomic E-state index is 10.5. The van der Waals surface area contributed by atoms with E-state index in [2.05, 4.69) is 41.6 Å². The highest BCUT2D eigenvalue weighted by Gasteiger charge is 2.15. The van der Waals surface area contributed by atoms with E-state index in [9.17, 15) is 5.11 Å². The van der Waals surface area contributed by atoms with Gasteiger partial charge >= 0.3 is 0 Å². The van der Waals surface area contributed by atoms with Crippen LogP contribution >= 0.6 is 22.6 Å². The average Bonchev–Trinajstić information content (AvgIpc) is 2.42. The largest absolute Gasteiger partial charge is 0.496 e. The lowest BCUT2D eigenvalue weighted by Gasteiger charge is -2.16. The van der Waals surface area contributed by atoms with Gasteiger partial charge in [0.15, 0.2) is 0 Å². The Bertz CT molecular complexity index is 608. The van der Waals surface area contributed by atoms with Gasteiger partial charge in [-0.2, -0.15) is 0 Å². The van der Waals surface area contributed by atoms with Gasteiger partial charge < -0.3 is 9.84 Å². The smallest absolute Gasteiger partial charge is 0.122 e. The number of methoxy groups -OCH3 is 1. The van der Waals surface area contributed by atoms with Crippen molar-refractivity contribution in [2.24, 2.45) is 0 Å². The Hall–Kier alpha value is -1.07. The van der Waals surface area contributed by atoms with Gasteiger partial charge in [-0.3, -0.25) is 0 Å². The Morgan fingerprint density at radius 1 is 1.20 bits per heavy atom. The van der Waals surface area contributed by atoms with Gasteiger partial charge in [-0.05, 0) is 59.2 Å². The number of benzene rings is 2. The van der Waals surface area contributed by atoms with E-state index in [1.165, 1.54) is 11.1 Å².